The molecule has 0 aliphatic rings. The molecule has 2 unspecified atom stereocenters. The maximum atomic E-state index is 13.9. The number of benzene rings is 1. The van der Waals surface area contributed by atoms with Gasteiger partial charge in [-0.2, -0.15) is 0 Å². The minimum Gasteiger partial charge on any atom is -0.444 e. The number of carbonyl (C=O) groups is 3. The monoisotopic (exact) mass is 461 g/mol. The molecule has 0 bridgehead atoms. The second-order valence-electron chi connectivity index (χ2n) is 10.6. The Bertz CT molecular complexity index is 840. The topological polar surface area (TPSA) is 87.7 Å². The van der Waals surface area contributed by atoms with Gasteiger partial charge >= 0.3 is 6.09 Å². The van der Waals surface area contributed by atoms with E-state index in [4.69, 9.17) is 4.74 Å². The van der Waals surface area contributed by atoms with Gasteiger partial charge in [-0.15, -0.1) is 0 Å². The van der Waals surface area contributed by atoms with Crippen molar-refractivity contribution in [1.82, 2.24) is 15.5 Å². The van der Waals surface area contributed by atoms with Crippen molar-refractivity contribution in [3.63, 3.8) is 0 Å². The molecule has 0 fully saturated rings. The van der Waals surface area contributed by atoms with Crippen molar-refractivity contribution < 1.29 is 19.1 Å². The summed E-state index contributed by atoms with van der Waals surface area (Å²) in [6.45, 7) is 20.5. The van der Waals surface area contributed by atoms with Crippen molar-refractivity contribution in [2.75, 3.05) is 0 Å². The number of hydrogen-bond acceptors (Lipinski definition) is 4. The quantitative estimate of drug-likeness (QED) is 0.590. The van der Waals surface area contributed by atoms with E-state index in [1.54, 1.807) is 25.7 Å². The Labute approximate surface area is 199 Å². The van der Waals surface area contributed by atoms with Gasteiger partial charge in [0.15, 0.2) is 0 Å². The van der Waals surface area contributed by atoms with Gasteiger partial charge in [-0.1, -0.05) is 32.0 Å². The van der Waals surface area contributed by atoms with Crippen LogP contribution < -0.4 is 10.6 Å². The Morgan fingerprint density at radius 2 is 1.48 bits per heavy atom. The van der Waals surface area contributed by atoms with E-state index < -0.39 is 23.8 Å². The van der Waals surface area contributed by atoms with Gasteiger partial charge in [0, 0.05) is 12.1 Å². The van der Waals surface area contributed by atoms with Crippen molar-refractivity contribution in [2.24, 2.45) is 5.92 Å². The summed E-state index contributed by atoms with van der Waals surface area (Å²) < 4.78 is 5.38. The number of ether oxygens (including phenoxy) is 1. The predicted octanol–water partition coefficient (Wildman–Crippen LogP) is 4.66. The SMILES string of the molecule is Cc1ccc(C(C(=O)NC(C)C)N(C(=O)C(NC(=O)OC(C)(C)C)C(C)C)C(C)C)cc1C. The van der Waals surface area contributed by atoms with Crippen molar-refractivity contribution in [2.45, 2.75) is 106 Å². The van der Waals surface area contributed by atoms with Crippen molar-refractivity contribution in [3.8, 4) is 0 Å². The molecule has 33 heavy (non-hydrogen) atoms. The smallest absolute Gasteiger partial charge is 0.408 e. The summed E-state index contributed by atoms with van der Waals surface area (Å²) in [6.07, 6.45) is -0.660. The Hall–Kier alpha value is -2.57. The fourth-order valence-electron chi connectivity index (χ4n) is 3.52. The summed E-state index contributed by atoms with van der Waals surface area (Å²) in [6, 6.07) is 3.75. The minimum atomic E-state index is -0.844. The molecule has 0 aliphatic heterocycles. The number of hydrogen-bond donors (Lipinski definition) is 2. The number of rotatable bonds is 8. The van der Waals surface area contributed by atoms with Gasteiger partial charge in [-0.3, -0.25) is 9.59 Å². The second kappa shape index (κ2) is 11.5. The lowest BCUT2D eigenvalue weighted by molar-refractivity contribution is -0.145. The summed E-state index contributed by atoms with van der Waals surface area (Å²) in [5.74, 6) is -0.789. The van der Waals surface area contributed by atoms with Crippen LogP contribution in [0.3, 0.4) is 0 Å². The van der Waals surface area contributed by atoms with E-state index in [-0.39, 0.29) is 29.8 Å². The molecule has 0 heterocycles. The summed E-state index contributed by atoms with van der Waals surface area (Å²) in [5, 5.41) is 5.69. The van der Waals surface area contributed by atoms with Crippen molar-refractivity contribution in [1.29, 1.82) is 0 Å². The van der Waals surface area contributed by atoms with E-state index in [1.165, 1.54) is 0 Å². The van der Waals surface area contributed by atoms with Gasteiger partial charge in [-0.05, 0) is 84.9 Å². The highest BCUT2D eigenvalue weighted by Gasteiger charge is 2.39. The number of nitrogens with zero attached hydrogens (tertiary/aromatic N) is 1. The summed E-state index contributed by atoms with van der Waals surface area (Å²) >= 11 is 0. The van der Waals surface area contributed by atoms with E-state index in [0.29, 0.717) is 0 Å². The maximum absolute atomic E-state index is 13.9. The van der Waals surface area contributed by atoms with Gasteiger partial charge in [0.05, 0.1) is 0 Å². The molecule has 1 aromatic rings. The summed E-state index contributed by atoms with van der Waals surface area (Å²) in [4.78, 5) is 41.3. The Balaban J connectivity index is 3.47. The molecule has 1 aromatic carbocycles. The first-order valence-corrected chi connectivity index (χ1v) is 11.7. The van der Waals surface area contributed by atoms with Crippen LogP contribution in [0.1, 0.15) is 85.0 Å². The molecule has 0 radical (unpaired) electrons. The number of alkyl carbamates (subject to hydrolysis) is 1. The van der Waals surface area contributed by atoms with E-state index in [1.807, 2.05) is 73.6 Å². The van der Waals surface area contributed by atoms with Crippen LogP contribution >= 0.6 is 0 Å². The number of carbonyl (C=O) groups excluding carboxylic acids is 3. The lowest BCUT2D eigenvalue weighted by Crippen LogP contribution is -2.57. The van der Waals surface area contributed by atoms with Crippen LogP contribution in [0, 0.1) is 19.8 Å². The third kappa shape index (κ3) is 8.37. The largest absolute Gasteiger partial charge is 0.444 e. The van der Waals surface area contributed by atoms with Crippen LogP contribution in [0.4, 0.5) is 4.79 Å². The van der Waals surface area contributed by atoms with Gasteiger partial charge in [-0.25, -0.2) is 4.79 Å². The highest BCUT2D eigenvalue weighted by atomic mass is 16.6. The van der Waals surface area contributed by atoms with Gasteiger partial charge in [0.2, 0.25) is 11.8 Å². The molecule has 0 saturated heterocycles. The fourth-order valence-corrected chi connectivity index (χ4v) is 3.52. The first kappa shape index (κ1) is 28.5. The Kier molecular flexibility index (Phi) is 9.94. The first-order chi connectivity index (χ1) is 15.0. The number of nitrogens with one attached hydrogen (secondary N) is 2. The molecule has 0 spiro atoms. The number of amides is 3. The molecule has 186 valence electrons. The zero-order chi connectivity index (χ0) is 25.7. The van der Waals surface area contributed by atoms with E-state index in [9.17, 15) is 14.4 Å². The third-order valence-electron chi connectivity index (χ3n) is 5.22. The Morgan fingerprint density at radius 3 is 1.91 bits per heavy atom. The average Bonchev–Trinajstić information content (AvgIpc) is 2.63. The minimum absolute atomic E-state index is 0.0866. The molecule has 7 nitrogen and oxygen atoms in total. The van der Waals surface area contributed by atoms with E-state index >= 15 is 0 Å². The standard InChI is InChI=1S/C26H43N3O4/c1-15(2)21(28-25(32)33-26(9,10)11)24(31)29(17(5)6)22(23(30)27-16(3)4)20-13-12-18(7)19(8)14-20/h12-17,21-22H,1-11H3,(H,27,30)(H,28,32). The predicted molar refractivity (Wildman–Crippen MR) is 132 cm³/mol. The molecular weight excluding hydrogens is 418 g/mol. The molecule has 2 atom stereocenters. The lowest BCUT2D eigenvalue weighted by atomic mass is 9.95. The second-order valence-corrected chi connectivity index (χ2v) is 10.6. The molecule has 1 rings (SSSR count). The highest BCUT2D eigenvalue weighted by molar-refractivity contribution is 5.92. The summed E-state index contributed by atoms with van der Waals surface area (Å²) in [5.41, 5.74) is 2.19. The van der Waals surface area contributed by atoms with E-state index in [0.717, 1.165) is 16.7 Å². The summed E-state index contributed by atoms with van der Waals surface area (Å²) in [7, 11) is 0. The number of aryl methyl sites for hydroxylation is 2. The highest BCUT2D eigenvalue weighted by Crippen LogP contribution is 2.28. The van der Waals surface area contributed by atoms with Crippen LogP contribution in [0.15, 0.2) is 18.2 Å². The molecule has 0 aliphatic carbocycles. The van der Waals surface area contributed by atoms with Crippen LogP contribution in [0.25, 0.3) is 0 Å². The Morgan fingerprint density at radius 1 is 0.909 bits per heavy atom. The third-order valence-corrected chi connectivity index (χ3v) is 5.22. The van der Waals surface area contributed by atoms with Crippen LogP contribution in [-0.2, 0) is 14.3 Å². The zero-order valence-corrected chi connectivity index (χ0v) is 22.2. The van der Waals surface area contributed by atoms with E-state index in [2.05, 4.69) is 10.6 Å². The van der Waals surface area contributed by atoms with Crippen LogP contribution in [-0.4, -0.2) is 46.5 Å². The van der Waals surface area contributed by atoms with Gasteiger partial charge < -0.3 is 20.3 Å². The lowest BCUT2D eigenvalue weighted by Gasteiger charge is -2.38. The molecule has 0 aromatic heterocycles. The van der Waals surface area contributed by atoms with Crippen molar-refractivity contribution in [3.05, 3.63) is 34.9 Å². The zero-order valence-electron chi connectivity index (χ0n) is 22.2. The normalized spacial score (nSPS) is 13.6. The first-order valence-electron chi connectivity index (χ1n) is 11.7. The molecular formula is C26H43N3O4. The molecule has 0 saturated carbocycles. The molecule has 2 N–H and O–H groups in total. The van der Waals surface area contributed by atoms with Crippen LogP contribution in [0.2, 0.25) is 0 Å². The molecule has 7 heteroatoms. The van der Waals surface area contributed by atoms with Crippen LogP contribution in [0.5, 0.6) is 0 Å². The fraction of sp³-hybridized carbons (Fsp3) is 0.654. The molecule has 3 amide bonds. The van der Waals surface area contributed by atoms with Gasteiger partial charge in [0.1, 0.15) is 17.7 Å². The van der Waals surface area contributed by atoms with Gasteiger partial charge in [0.25, 0.3) is 0 Å². The maximum Gasteiger partial charge on any atom is 0.408 e. The average molecular weight is 462 g/mol. The van der Waals surface area contributed by atoms with Crippen molar-refractivity contribution >= 4 is 17.9 Å².